The first-order valence-corrected chi connectivity index (χ1v) is 8.29. The molecule has 2 saturated carbocycles. The van der Waals surface area contributed by atoms with Crippen LogP contribution in [0.5, 0.6) is 0 Å². The van der Waals surface area contributed by atoms with Crippen molar-refractivity contribution in [3.8, 4) is 0 Å². The van der Waals surface area contributed by atoms with Crippen LogP contribution in [0.1, 0.15) is 52.9 Å². The van der Waals surface area contributed by atoms with Crippen LogP contribution in [0, 0.1) is 22.7 Å². The van der Waals surface area contributed by atoms with E-state index in [0.717, 1.165) is 19.3 Å². The van der Waals surface area contributed by atoms with Crippen LogP contribution in [0.3, 0.4) is 0 Å². The fourth-order valence-corrected chi connectivity index (χ4v) is 5.16. The molecule has 1 saturated heterocycles. The van der Waals surface area contributed by atoms with Crippen LogP contribution in [0.4, 0.5) is 0 Å². The zero-order chi connectivity index (χ0) is 15.3. The van der Waals surface area contributed by atoms with Gasteiger partial charge in [0.15, 0.2) is 6.29 Å². The standard InChI is InChI=1S/C17H28O4/c1-16(2)13-5-4-12(18)11(10-15-20-8-9-21-15)17(13,3)7-6-14(16)19/h11,13-15,19H,4-10H2,1-3H3/t11-,13-,14-,17+/m0/s1. The molecule has 0 bridgehead atoms. The molecule has 1 heterocycles. The molecule has 120 valence electrons. The van der Waals surface area contributed by atoms with E-state index < -0.39 is 0 Å². The number of carbonyl (C=O) groups is 1. The van der Waals surface area contributed by atoms with Gasteiger partial charge < -0.3 is 14.6 Å². The van der Waals surface area contributed by atoms with E-state index >= 15 is 0 Å². The van der Waals surface area contributed by atoms with Gasteiger partial charge in [-0.05, 0) is 36.0 Å². The van der Waals surface area contributed by atoms with Crippen LogP contribution in [0.2, 0.25) is 0 Å². The van der Waals surface area contributed by atoms with Gasteiger partial charge in [-0.2, -0.15) is 0 Å². The van der Waals surface area contributed by atoms with Crippen molar-refractivity contribution in [2.45, 2.75) is 65.3 Å². The van der Waals surface area contributed by atoms with Crippen molar-refractivity contribution in [2.75, 3.05) is 13.2 Å². The lowest BCUT2D eigenvalue weighted by molar-refractivity contribution is -0.168. The summed E-state index contributed by atoms with van der Waals surface area (Å²) >= 11 is 0. The topological polar surface area (TPSA) is 55.8 Å². The Kier molecular flexibility index (Phi) is 3.92. The minimum absolute atomic E-state index is 0.00567. The lowest BCUT2D eigenvalue weighted by Crippen LogP contribution is -2.56. The zero-order valence-electron chi connectivity index (χ0n) is 13.4. The van der Waals surface area contributed by atoms with Crippen molar-refractivity contribution < 1.29 is 19.4 Å². The van der Waals surface area contributed by atoms with Gasteiger partial charge in [0.05, 0.1) is 19.3 Å². The van der Waals surface area contributed by atoms with E-state index in [2.05, 4.69) is 20.8 Å². The highest BCUT2D eigenvalue weighted by Crippen LogP contribution is 2.59. The summed E-state index contributed by atoms with van der Waals surface area (Å²) in [7, 11) is 0. The summed E-state index contributed by atoms with van der Waals surface area (Å²) in [5.74, 6) is 0.754. The maximum absolute atomic E-state index is 12.6. The molecule has 4 atom stereocenters. The molecule has 21 heavy (non-hydrogen) atoms. The van der Waals surface area contributed by atoms with Crippen molar-refractivity contribution in [1.82, 2.24) is 0 Å². The summed E-state index contributed by atoms with van der Waals surface area (Å²) in [6.45, 7) is 7.85. The van der Waals surface area contributed by atoms with Gasteiger partial charge in [-0.1, -0.05) is 20.8 Å². The predicted molar refractivity (Wildman–Crippen MR) is 78.7 cm³/mol. The minimum atomic E-state index is -0.261. The van der Waals surface area contributed by atoms with Gasteiger partial charge in [0, 0.05) is 18.8 Å². The Labute approximate surface area is 127 Å². The molecule has 3 aliphatic rings. The van der Waals surface area contributed by atoms with E-state index in [1.54, 1.807) is 0 Å². The summed E-state index contributed by atoms with van der Waals surface area (Å²) in [5, 5.41) is 10.4. The van der Waals surface area contributed by atoms with Crippen LogP contribution in [0.25, 0.3) is 0 Å². The second-order valence-corrected chi connectivity index (χ2v) is 7.90. The molecular formula is C17H28O4. The number of aliphatic hydroxyl groups excluding tert-OH is 1. The van der Waals surface area contributed by atoms with Gasteiger partial charge in [-0.25, -0.2) is 0 Å². The molecule has 0 aromatic heterocycles. The summed E-state index contributed by atoms with van der Waals surface area (Å²) < 4.78 is 11.2. The number of Topliss-reactive ketones (excluding diaryl/α,β-unsaturated/α-hetero) is 1. The van der Waals surface area contributed by atoms with E-state index in [4.69, 9.17) is 9.47 Å². The maximum atomic E-state index is 12.6. The maximum Gasteiger partial charge on any atom is 0.158 e. The normalized spacial score (nSPS) is 43.8. The number of ketones is 1. The lowest BCUT2D eigenvalue weighted by Gasteiger charge is -2.58. The molecule has 2 aliphatic carbocycles. The van der Waals surface area contributed by atoms with Crippen molar-refractivity contribution in [2.24, 2.45) is 22.7 Å². The number of rotatable bonds is 2. The van der Waals surface area contributed by atoms with Gasteiger partial charge in [-0.3, -0.25) is 4.79 Å². The molecule has 3 rings (SSSR count). The highest BCUT2D eigenvalue weighted by atomic mass is 16.7. The quantitative estimate of drug-likeness (QED) is 0.851. The molecule has 3 fully saturated rings. The van der Waals surface area contributed by atoms with Crippen molar-refractivity contribution in [3.63, 3.8) is 0 Å². The van der Waals surface area contributed by atoms with Crippen molar-refractivity contribution in [1.29, 1.82) is 0 Å². The first-order valence-electron chi connectivity index (χ1n) is 8.29. The molecule has 4 heteroatoms. The summed E-state index contributed by atoms with van der Waals surface area (Å²) in [6.07, 6.45) is 3.45. The van der Waals surface area contributed by atoms with Gasteiger partial charge in [0.25, 0.3) is 0 Å². The molecule has 0 unspecified atom stereocenters. The fourth-order valence-electron chi connectivity index (χ4n) is 5.16. The van der Waals surface area contributed by atoms with Gasteiger partial charge in [0.1, 0.15) is 5.78 Å². The molecule has 0 spiro atoms. The second kappa shape index (κ2) is 5.32. The Hall–Kier alpha value is -0.450. The van der Waals surface area contributed by atoms with E-state index in [-0.39, 0.29) is 29.1 Å². The average molecular weight is 296 g/mol. The summed E-state index contributed by atoms with van der Waals surface area (Å²) in [6, 6.07) is 0. The molecule has 1 aliphatic heterocycles. The van der Waals surface area contributed by atoms with Crippen molar-refractivity contribution >= 4 is 5.78 Å². The van der Waals surface area contributed by atoms with Crippen LogP contribution < -0.4 is 0 Å². The number of carbonyl (C=O) groups excluding carboxylic acids is 1. The molecule has 0 radical (unpaired) electrons. The molecule has 0 aromatic carbocycles. The third-order valence-electron chi connectivity index (χ3n) is 6.49. The second-order valence-electron chi connectivity index (χ2n) is 7.90. The summed E-state index contributed by atoms with van der Waals surface area (Å²) in [5.41, 5.74) is -0.156. The van der Waals surface area contributed by atoms with E-state index in [9.17, 15) is 9.90 Å². The third kappa shape index (κ3) is 2.45. The Morgan fingerprint density at radius 3 is 2.52 bits per heavy atom. The van der Waals surface area contributed by atoms with Crippen molar-refractivity contribution in [3.05, 3.63) is 0 Å². The fraction of sp³-hybridized carbons (Fsp3) is 0.941. The van der Waals surface area contributed by atoms with Gasteiger partial charge in [0.2, 0.25) is 0 Å². The predicted octanol–water partition coefficient (Wildman–Crippen LogP) is 2.53. The van der Waals surface area contributed by atoms with Crippen LogP contribution in [0.15, 0.2) is 0 Å². The smallest absolute Gasteiger partial charge is 0.158 e. The summed E-state index contributed by atoms with van der Waals surface area (Å²) in [4.78, 5) is 12.6. The minimum Gasteiger partial charge on any atom is -0.393 e. The zero-order valence-corrected chi connectivity index (χ0v) is 13.4. The largest absolute Gasteiger partial charge is 0.393 e. The number of hydrogen-bond donors (Lipinski definition) is 1. The van der Waals surface area contributed by atoms with E-state index in [0.29, 0.717) is 37.8 Å². The lowest BCUT2D eigenvalue weighted by atomic mass is 9.47. The number of fused-ring (bicyclic) bond motifs is 1. The highest BCUT2D eigenvalue weighted by Gasteiger charge is 2.57. The Bertz CT molecular complexity index is 413. The molecular weight excluding hydrogens is 268 g/mol. The SMILES string of the molecule is CC1(C)[C@@H](O)CC[C@]2(C)[C@@H](CC3OCCO3)C(=O)CC[C@@H]12. The Morgan fingerprint density at radius 2 is 1.86 bits per heavy atom. The van der Waals surface area contributed by atoms with E-state index in [1.165, 1.54) is 0 Å². The number of hydrogen-bond acceptors (Lipinski definition) is 4. The monoisotopic (exact) mass is 296 g/mol. The van der Waals surface area contributed by atoms with Crippen LogP contribution in [-0.4, -0.2) is 36.5 Å². The molecule has 4 nitrogen and oxygen atoms in total. The van der Waals surface area contributed by atoms with Crippen LogP contribution >= 0.6 is 0 Å². The average Bonchev–Trinajstić information content (AvgIpc) is 2.92. The van der Waals surface area contributed by atoms with Crippen LogP contribution in [-0.2, 0) is 14.3 Å². The number of aliphatic hydroxyl groups is 1. The number of ether oxygens (including phenoxy) is 2. The molecule has 0 amide bonds. The Morgan fingerprint density at radius 1 is 1.19 bits per heavy atom. The van der Waals surface area contributed by atoms with Gasteiger partial charge >= 0.3 is 0 Å². The highest BCUT2D eigenvalue weighted by molar-refractivity contribution is 5.83. The first-order chi connectivity index (χ1) is 9.85. The first kappa shape index (κ1) is 15.4. The third-order valence-corrected chi connectivity index (χ3v) is 6.49. The van der Waals surface area contributed by atoms with Gasteiger partial charge in [-0.15, -0.1) is 0 Å². The molecule has 0 aromatic rings. The Balaban J connectivity index is 1.86. The molecule has 1 N–H and O–H groups in total. The van der Waals surface area contributed by atoms with E-state index in [1.807, 2.05) is 0 Å².